The van der Waals surface area contributed by atoms with Crippen LogP contribution in [0.3, 0.4) is 0 Å². The molecule has 0 unspecified atom stereocenters. The normalized spacial score (nSPS) is 19.8. The van der Waals surface area contributed by atoms with Gasteiger partial charge >= 0.3 is 0 Å². The molecule has 3 heterocycles. The zero-order chi connectivity index (χ0) is 14.3. The van der Waals surface area contributed by atoms with Gasteiger partial charge in [-0.3, -0.25) is 9.89 Å². The van der Waals surface area contributed by atoms with Crippen LogP contribution in [0.15, 0.2) is 23.5 Å². The lowest BCUT2D eigenvalue weighted by molar-refractivity contribution is 0.260. The standard InChI is InChI=1S/C14H23N7/c1-3-15-13(16-4-1)17-7-8-20-9-11-21(12-10-20)14-18-5-2-6-19-14/h2,5-6H,1,3-4,7-12H2,(H2,15,16,17). The zero-order valence-corrected chi connectivity index (χ0v) is 12.3. The SMILES string of the molecule is c1cnc(N2CCN(CCNC3=NCCCN3)CC2)nc1. The largest absolute Gasteiger partial charge is 0.356 e. The van der Waals surface area contributed by atoms with Crippen molar-refractivity contribution in [1.82, 2.24) is 25.5 Å². The molecule has 0 amide bonds. The van der Waals surface area contributed by atoms with E-state index in [9.17, 15) is 0 Å². The monoisotopic (exact) mass is 289 g/mol. The predicted molar refractivity (Wildman–Crippen MR) is 83.6 cm³/mol. The van der Waals surface area contributed by atoms with Crippen molar-refractivity contribution < 1.29 is 0 Å². The first-order valence-electron chi connectivity index (χ1n) is 7.68. The van der Waals surface area contributed by atoms with Crippen molar-refractivity contribution in [2.75, 3.05) is 57.3 Å². The van der Waals surface area contributed by atoms with E-state index in [1.807, 2.05) is 6.07 Å². The Labute approximate surface area is 125 Å². The molecule has 7 heteroatoms. The molecular weight excluding hydrogens is 266 g/mol. The van der Waals surface area contributed by atoms with Crippen molar-refractivity contribution in [2.45, 2.75) is 6.42 Å². The molecule has 1 fully saturated rings. The van der Waals surface area contributed by atoms with Crippen molar-refractivity contribution in [3.63, 3.8) is 0 Å². The van der Waals surface area contributed by atoms with Crippen LogP contribution in [0.2, 0.25) is 0 Å². The summed E-state index contributed by atoms with van der Waals surface area (Å²) in [5.74, 6) is 1.80. The summed E-state index contributed by atoms with van der Waals surface area (Å²) in [6.07, 6.45) is 4.74. The lowest BCUT2D eigenvalue weighted by Gasteiger charge is -2.34. The minimum absolute atomic E-state index is 0.844. The van der Waals surface area contributed by atoms with Gasteiger partial charge in [0.15, 0.2) is 5.96 Å². The van der Waals surface area contributed by atoms with Crippen molar-refractivity contribution in [3.8, 4) is 0 Å². The molecule has 0 aliphatic carbocycles. The molecule has 1 aromatic rings. The van der Waals surface area contributed by atoms with Gasteiger partial charge in [0.25, 0.3) is 0 Å². The van der Waals surface area contributed by atoms with Crippen LogP contribution in [0.25, 0.3) is 0 Å². The first-order valence-corrected chi connectivity index (χ1v) is 7.68. The fraction of sp³-hybridized carbons (Fsp3) is 0.643. The molecule has 0 spiro atoms. The Morgan fingerprint density at radius 3 is 2.67 bits per heavy atom. The summed E-state index contributed by atoms with van der Waals surface area (Å²) in [6, 6.07) is 1.85. The number of anilines is 1. The summed E-state index contributed by atoms with van der Waals surface area (Å²) in [5.41, 5.74) is 0. The highest BCUT2D eigenvalue weighted by Gasteiger charge is 2.18. The Bertz CT molecular complexity index is 454. The Kier molecular flexibility index (Phi) is 4.83. The summed E-state index contributed by atoms with van der Waals surface area (Å²) >= 11 is 0. The molecule has 7 nitrogen and oxygen atoms in total. The summed E-state index contributed by atoms with van der Waals surface area (Å²) in [7, 11) is 0. The fourth-order valence-electron chi connectivity index (χ4n) is 2.61. The zero-order valence-electron chi connectivity index (χ0n) is 12.3. The van der Waals surface area contributed by atoms with E-state index in [1.54, 1.807) is 12.4 Å². The maximum atomic E-state index is 4.41. The number of hydrogen-bond acceptors (Lipinski definition) is 7. The van der Waals surface area contributed by atoms with Crippen LogP contribution < -0.4 is 15.5 Å². The highest BCUT2D eigenvalue weighted by Crippen LogP contribution is 2.08. The number of aliphatic imine (C=N–C) groups is 1. The summed E-state index contributed by atoms with van der Waals surface area (Å²) in [4.78, 5) is 17.8. The third kappa shape index (κ3) is 4.04. The molecule has 114 valence electrons. The van der Waals surface area contributed by atoms with Crippen molar-refractivity contribution >= 4 is 11.9 Å². The van der Waals surface area contributed by atoms with Gasteiger partial charge in [-0.25, -0.2) is 9.97 Å². The summed E-state index contributed by atoms with van der Waals surface area (Å²) in [5, 5.41) is 6.65. The van der Waals surface area contributed by atoms with Gasteiger partial charge in [0, 0.05) is 64.8 Å². The van der Waals surface area contributed by atoms with Gasteiger partial charge in [0.2, 0.25) is 5.95 Å². The minimum Gasteiger partial charge on any atom is -0.356 e. The van der Waals surface area contributed by atoms with Crippen LogP contribution >= 0.6 is 0 Å². The predicted octanol–water partition coefficient (Wildman–Crippen LogP) is -0.462. The fourth-order valence-corrected chi connectivity index (χ4v) is 2.61. The number of rotatable bonds is 4. The second-order valence-corrected chi connectivity index (χ2v) is 5.31. The third-order valence-electron chi connectivity index (χ3n) is 3.83. The molecule has 0 radical (unpaired) electrons. The van der Waals surface area contributed by atoms with E-state index in [0.717, 1.165) is 70.7 Å². The molecular formula is C14H23N7. The molecule has 0 saturated carbocycles. The number of hydrogen-bond donors (Lipinski definition) is 2. The number of piperazine rings is 1. The Morgan fingerprint density at radius 2 is 1.95 bits per heavy atom. The van der Waals surface area contributed by atoms with Gasteiger partial charge in [-0.1, -0.05) is 0 Å². The second-order valence-electron chi connectivity index (χ2n) is 5.31. The summed E-state index contributed by atoms with van der Waals surface area (Å²) < 4.78 is 0. The smallest absolute Gasteiger partial charge is 0.225 e. The molecule has 21 heavy (non-hydrogen) atoms. The minimum atomic E-state index is 0.844. The topological polar surface area (TPSA) is 68.7 Å². The molecule has 0 aromatic carbocycles. The van der Waals surface area contributed by atoms with Crippen molar-refractivity contribution in [2.24, 2.45) is 4.99 Å². The van der Waals surface area contributed by atoms with E-state index < -0.39 is 0 Å². The van der Waals surface area contributed by atoms with E-state index in [2.05, 4.69) is 35.4 Å². The quantitative estimate of drug-likeness (QED) is 0.782. The average molecular weight is 289 g/mol. The molecule has 2 aliphatic heterocycles. The third-order valence-corrected chi connectivity index (χ3v) is 3.83. The van der Waals surface area contributed by atoms with E-state index in [1.165, 1.54) is 0 Å². The number of aromatic nitrogens is 2. The van der Waals surface area contributed by atoms with E-state index in [-0.39, 0.29) is 0 Å². The molecule has 3 rings (SSSR count). The van der Waals surface area contributed by atoms with Crippen LogP contribution in [0.5, 0.6) is 0 Å². The molecule has 0 atom stereocenters. The van der Waals surface area contributed by atoms with E-state index >= 15 is 0 Å². The van der Waals surface area contributed by atoms with Gasteiger partial charge in [-0.05, 0) is 12.5 Å². The van der Waals surface area contributed by atoms with Crippen LogP contribution in [0, 0.1) is 0 Å². The number of nitrogens with one attached hydrogen (secondary N) is 2. The lowest BCUT2D eigenvalue weighted by atomic mass is 10.3. The highest BCUT2D eigenvalue weighted by atomic mass is 15.3. The lowest BCUT2D eigenvalue weighted by Crippen LogP contribution is -2.50. The maximum Gasteiger partial charge on any atom is 0.225 e. The van der Waals surface area contributed by atoms with Crippen LogP contribution in [0.1, 0.15) is 6.42 Å². The molecule has 0 bridgehead atoms. The first kappa shape index (κ1) is 14.1. The van der Waals surface area contributed by atoms with E-state index in [4.69, 9.17) is 0 Å². The average Bonchev–Trinajstić information content (AvgIpc) is 2.57. The van der Waals surface area contributed by atoms with Gasteiger partial charge in [0.05, 0.1) is 0 Å². The maximum absolute atomic E-state index is 4.41. The van der Waals surface area contributed by atoms with Gasteiger partial charge < -0.3 is 15.5 Å². The van der Waals surface area contributed by atoms with Gasteiger partial charge in [-0.15, -0.1) is 0 Å². The molecule has 1 saturated heterocycles. The van der Waals surface area contributed by atoms with Crippen molar-refractivity contribution in [3.05, 3.63) is 18.5 Å². The van der Waals surface area contributed by atoms with Crippen LogP contribution in [-0.2, 0) is 0 Å². The summed E-state index contributed by atoms with van der Waals surface area (Å²) in [6.45, 7) is 8.04. The van der Waals surface area contributed by atoms with E-state index in [0.29, 0.717) is 0 Å². The molecule has 2 aliphatic rings. The van der Waals surface area contributed by atoms with Crippen molar-refractivity contribution in [1.29, 1.82) is 0 Å². The first-order chi connectivity index (χ1) is 10.4. The number of guanidine groups is 1. The molecule has 2 N–H and O–H groups in total. The van der Waals surface area contributed by atoms with Crippen LogP contribution in [-0.4, -0.2) is 73.2 Å². The highest BCUT2D eigenvalue weighted by molar-refractivity contribution is 5.80. The number of nitrogens with zero attached hydrogens (tertiary/aromatic N) is 5. The molecule has 1 aromatic heterocycles. The van der Waals surface area contributed by atoms with Gasteiger partial charge in [0.1, 0.15) is 0 Å². The Hall–Kier alpha value is -1.89. The Morgan fingerprint density at radius 1 is 1.14 bits per heavy atom. The second kappa shape index (κ2) is 7.21. The van der Waals surface area contributed by atoms with Crippen LogP contribution in [0.4, 0.5) is 5.95 Å². The Balaban J connectivity index is 1.37. The van der Waals surface area contributed by atoms with Gasteiger partial charge in [-0.2, -0.15) is 0 Å².